The van der Waals surface area contributed by atoms with Crippen LogP contribution in [0.15, 0.2) is 0 Å². The van der Waals surface area contributed by atoms with Crippen LogP contribution in [0.25, 0.3) is 0 Å². The van der Waals surface area contributed by atoms with Crippen molar-refractivity contribution >= 4 is 0 Å². The Labute approximate surface area is 89.1 Å². The van der Waals surface area contributed by atoms with Crippen LogP contribution >= 0.6 is 0 Å². The van der Waals surface area contributed by atoms with Crippen LogP contribution in [0.3, 0.4) is 0 Å². The van der Waals surface area contributed by atoms with Crippen LogP contribution in [0.4, 0.5) is 0 Å². The fourth-order valence-electron chi connectivity index (χ4n) is 2.19. The third kappa shape index (κ3) is 3.97. The predicted molar refractivity (Wildman–Crippen MR) is 62.6 cm³/mol. The first-order valence-electron chi connectivity index (χ1n) is 6.07. The molecule has 1 aliphatic heterocycles. The van der Waals surface area contributed by atoms with E-state index in [4.69, 9.17) is 0 Å². The molecule has 2 atom stereocenters. The summed E-state index contributed by atoms with van der Waals surface area (Å²) in [6, 6.07) is 1.41. The minimum atomic E-state index is 0.618. The first kappa shape index (κ1) is 12.0. The molecule has 1 aliphatic rings. The maximum absolute atomic E-state index is 3.49. The lowest BCUT2D eigenvalue weighted by atomic mass is 9.95. The lowest BCUT2D eigenvalue weighted by Gasteiger charge is -2.36. The van der Waals surface area contributed by atoms with Crippen LogP contribution < -0.4 is 5.32 Å². The van der Waals surface area contributed by atoms with Gasteiger partial charge in [-0.25, -0.2) is 0 Å². The van der Waals surface area contributed by atoms with Gasteiger partial charge in [0.2, 0.25) is 0 Å². The Morgan fingerprint density at radius 2 is 2.00 bits per heavy atom. The first-order valence-corrected chi connectivity index (χ1v) is 6.07. The van der Waals surface area contributed by atoms with E-state index in [9.17, 15) is 0 Å². The molecule has 2 unspecified atom stereocenters. The molecule has 84 valence electrons. The average Bonchev–Trinajstić information content (AvgIpc) is 2.10. The smallest absolute Gasteiger partial charge is 0.0110 e. The summed E-state index contributed by atoms with van der Waals surface area (Å²) < 4.78 is 0. The normalized spacial score (nSPS) is 29.8. The molecule has 1 saturated heterocycles. The highest BCUT2D eigenvalue weighted by atomic mass is 15.2. The minimum Gasteiger partial charge on any atom is -0.313 e. The van der Waals surface area contributed by atoms with Crippen molar-refractivity contribution in [3.05, 3.63) is 0 Å². The summed E-state index contributed by atoms with van der Waals surface area (Å²) in [5, 5.41) is 3.49. The zero-order chi connectivity index (χ0) is 10.6. The van der Waals surface area contributed by atoms with Crippen molar-refractivity contribution in [2.45, 2.75) is 52.6 Å². The molecule has 2 nitrogen and oxygen atoms in total. The molecular formula is C12H26N2. The van der Waals surface area contributed by atoms with Crippen molar-refractivity contribution in [1.29, 1.82) is 0 Å². The topological polar surface area (TPSA) is 15.3 Å². The summed E-state index contributed by atoms with van der Waals surface area (Å²) in [4.78, 5) is 2.63. The van der Waals surface area contributed by atoms with Crippen molar-refractivity contribution in [1.82, 2.24) is 10.2 Å². The molecular weight excluding hydrogens is 172 g/mol. The highest BCUT2D eigenvalue weighted by molar-refractivity contribution is 4.77. The van der Waals surface area contributed by atoms with Crippen LogP contribution in [0.5, 0.6) is 0 Å². The van der Waals surface area contributed by atoms with Crippen molar-refractivity contribution < 1.29 is 0 Å². The maximum atomic E-state index is 3.49. The molecule has 1 rings (SSSR count). The number of nitrogens with zero attached hydrogens (tertiary/aromatic N) is 1. The molecule has 0 aromatic carbocycles. The number of rotatable bonds is 4. The summed E-state index contributed by atoms with van der Waals surface area (Å²) in [6.45, 7) is 12.8. The largest absolute Gasteiger partial charge is 0.313 e. The lowest BCUT2D eigenvalue weighted by molar-refractivity contribution is 0.125. The third-order valence-corrected chi connectivity index (χ3v) is 3.20. The zero-order valence-corrected chi connectivity index (χ0v) is 10.2. The van der Waals surface area contributed by atoms with Crippen LogP contribution in [0.1, 0.15) is 40.5 Å². The Balaban J connectivity index is 2.20. The van der Waals surface area contributed by atoms with Crippen molar-refractivity contribution in [3.63, 3.8) is 0 Å². The van der Waals surface area contributed by atoms with E-state index < -0.39 is 0 Å². The van der Waals surface area contributed by atoms with E-state index in [1.54, 1.807) is 0 Å². The molecule has 14 heavy (non-hydrogen) atoms. The molecule has 0 aliphatic carbocycles. The predicted octanol–water partition coefficient (Wildman–Crippen LogP) is 2.10. The summed E-state index contributed by atoms with van der Waals surface area (Å²) in [5.41, 5.74) is 0. The van der Waals surface area contributed by atoms with Crippen LogP contribution in [0, 0.1) is 5.92 Å². The van der Waals surface area contributed by atoms with Gasteiger partial charge in [0, 0.05) is 31.7 Å². The molecule has 0 bridgehead atoms. The Morgan fingerprint density at radius 3 is 2.64 bits per heavy atom. The average molecular weight is 198 g/mol. The van der Waals surface area contributed by atoms with Gasteiger partial charge in [0.1, 0.15) is 0 Å². The molecule has 1 fully saturated rings. The molecule has 0 saturated carbocycles. The molecule has 1 heterocycles. The fourth-order valence-corrected chi connectivity index (χ4v) is 2.19. The van der Waals surface area contributed by atoms with Crippen molar-refractivity contribution in [3.8, 4) is 0 Å². The quantitative estimate of drug-likeness (QED) is 0.744. The summed E-state index contributed by atoms with van der Waals surface area (Å²) in [5.74, 6) is 0.894. The van der Waals surface area contributed by atoms with Gasteiger partial charge in [0.05, 0.1) is 0 Å². The van der Waals surface area contributed by atoms with Gasteiger partial charge in [-0.3, -0.25) is 4.90 Å². The van der Waals surface area contributed by atoms with Crippen molar-refractivity contribution in [2.75, 3.05) is 19.6 Å². The SMILES string of the molecule is CC1CCC(C)N(CCNC(C)C)C1. The Kier molecular flexibility index (Phi) is 4.90. The molecule has 0 radical (unpaired) electrons. The molecule has 0 spiro atoms. The zero-order valence-electron chi connectivity index (χ0n) is 10.2. The van der Waals surface area contributed by atoms with Gasteiger partial charge < -0.3 is 5.32 Å². The van der Waals surface area contributed by atoms with E-state index >= 15 is 0 Å². The Hall–Kier alpha value is -0.0800. The highest BCUT2D eigenvalue weighted by Gasteiger charge is 2.21. The highest BCUT2D eigenvalue weighted by Crippen LogP contribution is 2.20. The van der Waals surface area contributed by atoms with E-state index in [1.165, 1.54) is 25.9 Å². The van der Waals surface area contributed by atoms with E-state index in [0.29, 0.717) is 6.04 Å². The number of piperidine rings is 1. The Bertz CT molecular complexity index is 156. The van der Waals surface area contributed by atoms with Crippen molar-refractivity contribution in [2.24, 2.45) is 5.92 Å². The van der Waals surface area contributed by atoms with Gasteiger partial charge in [-0.1, -0.05) is 20.8 Å². The molecule has 2 heteroatoms. The van der Waals surface area contributed by atoms with Crippen LogP contribution in [0.2, 0.25) is 0 Å². The van der Waals surface area contributed by atoms with E-state index in [2.05, 4.69) is 37.9 Å². The summed E-state index contributed by atoms with van der Waals surface area (Å²) in [6.07, 6.45) is 2.79. The number of nitrogens with one attached hydrogen (secondary N) is 1. The number of hydrogen-bond donors (Lipinski definition) is 1. The second-order valence-electron chi connectivity index (χ2n) is 5.14. The monoisotopic (exact) mass is 198 g/mol. The molecule has 0 aromatic rings. The number of hydrogen-bond acceptors (Lipinski definition) is 2. The molecule has 0 amide bonds. The van der Waals surface area contributed by atoms with E-state index in [0.717, 1.165) is 18.5 Å². The van der Waals surface area contributed by atoms with Gasteiger partial charge in [0.15, 0.2) is 0 Å². The summed E-state index contributed by atoms with van der Waals surface area (Å²) in [7, 11) is 0. The van der Waals surface area contributed by atoms with Gasteiger partial charge >= 0.3 is 0 Å². The summed E-state index contributed by atoms with van der Waals surface area (Å²) >= 11 is 0. The van der Waals surface area contributed by atoms with E-state index in [1.807, 2.05) is 0 Å². The minimum absolute atomic E-state index is 0.618. The van der Waals surface area contributed by atoms with E-state index in [-0.39, 0.29) is 0 Å². The lowest BCUT2D eigenvalue weighted by Crippen LogP contribution is -2.44. The first-order chi connectivity index (χ1) is 6.59. The van der Waals surface area contributed by atoms with Gasteiger partial charge in [-0.2, -0.15) is 0 Å². The Morgan fingerprint density at radius 1 is 1.29 bits per heavy atom. The maximum Gasteiger partial charge on any atom is 0.0110 e. The third-order valence-electron chi connectivity index (χ3n) is 3.20. The molecule has 0 aromatic heterocycles. The van der Waals surface area contributed by atoms with Gasteiger partial charge in [0.25, 0.3) is 0 Å². The van der Waals surface area contributed by atoms with Crippen LogP contribution in [-0.2, 0) is 0 Å². The van der Waals surface area contributed by atoms with Gasteiger partial charge in [-0.15, -0.1) is 0 Å². The van der Waals surface area contributed by atoms with Crippen LogP contribution in [-0.4, -0.2) is 36.6 Å². The standard InChI is InChI=1S/C12H26N2/c1-10(2)13-7-8-14-9-11(3)5-6-12(14)4/h10-13H,5-9H2,1-4H3. The fraction of sp³-hybridized carbons (Fsp3) is 1.00. The number of likely N-dealkylation sites (tertiary alicyclic amines) is 1. The molecule has 1 N–H and O–H groups in total. The van der Waals surface area contributed by atoms with Gasteiger partial charge in [-0.05, 0) is 25.7 Å². The second-order valence-corrected chi connectivity index (χ2v) is 5.14. The second kappa shape index (κ2) is 5.72.